The molecule has 0 unspecified atom stereocenters. The molecule has 3 N–H and O–H groups in total. The minimum Gasteiger partial charge on any atom is -0.399 e. The highest BCUT2D eigenvalue weighted by Gasteiger charge is 2.16. The Labute approximate surface area is 124 Å². The molecule has 1 saturated heterocycles. The number of carbonyl (C=O) groups is 2. The van der Waals surface area contributed by atoms with E-state index in [0.717, 1.165) is 5.56 Å². The monoisotopic (exact) mass is 291 g/mol. The normalized spacial score (nSPS) is 14.8. The zero-order valence-corrected chi connectivity index (χ0v) is 12.2. The minimum absolute atomic E-state index is 0.0438. The zero-order chi connectivity index (χ0) is 15.2. The SMILES string of the molecule is Cc1cc(N)cc(C(=O)NCCC(=O)N2CCOCC2)c1. The molecule has 0 bridgehead atoms. The van der Waals surface area contributed by atoms with Gasteiger partial charge in [0.25, 0.3) is 5.91 Å². The Kier molecular flexibility index (Phi) is 5.16. The van der Waals surface area contributed by atoms with Gasteiger partial charge in [0.15, 0.2) is 0 Å². The van der Waals surface area contributed by atoms with Crippen LogP contribution in [-0.4, -0.2) is 49.6 Å². The maximum atomic E-state index is 12.0. The summed E-state index contributed by atoms with van der Waals surface area (Å²) in [7, 11) is 0. The number of nitrogens with one attached hydrogen (secondary N) is 1. The topological polar surface area (TPSA) is 84.7 Å². The number of amides is 2. The van der Waals surface area contributed by atoms with Gasteiger partial charge in [0.1, 0.15) is 0 Å². The third-order valence-corrected chi connectivity index (χ3v) is 3.35. The van der Waals surface area contributed by atoms with Crippen molar-refractivity contribution in [2.45, 2.75) is 13.3 Å². The van der Waals surface area contributed by atoms with Crippen LogP contribution in [0.15, 0.2) is 18.2 Å². The van der Waals surface area contributed by atoms with Gasteiger partial charge in [-0.1, -0.05) is 0 Å². The van der Waals surface area contributed by atoms with Crippen LogP contribution in [0.25, 0.3) is 0 Å². The Morgan fingerprint density at radius 3 is 2.67 bits per heavy atom. The fraction of sp³-hybridized carbons (Fsp3) is 0.467. The van der Waals surface area contributed by atoms with Crippen molar-refractivity contribution in [3.8, 4) is 0 Å². The predicted molar refractivity (Wildman–Crippen MR) is 79.9 cm³/mol. The highest BCUT2D eigenvalue weighted by molar-refractivity contribution is 5.95. The van der Waals surface area contributed by atoms with Gasteiger partial charge in [-0.3, -0.25) is 9.59 Å². The number of nitrogens with zero attached hydrogens (tertiary/aromatic N) is 1. The van der Waals surface area contributed by atoms with Crippen molar-refractivity contribution >= 4 is 17.5 Å². The van der Waals surface area contributed by atoms with Gasteiger partial charge in [-0.25, -0.2) is 0 Å². The molecule has 0 saturated carbocycles. The molecule has 6 nitrogen and oxygen atoms in total. The first-order chi connectivity index (χ1) is 10.1. The van der Waals surface area contributed by atoms with Crippen molar-refractivity contribution < 1.29 is 14.3 Å². The van der Waals surface area contributed by atoms with Gasteiger partial charge in [-0.05, 0) is 30.7 Å². The lowest BCUT2D eigenvalue weighted by Crippen LogP contribution is -2.42. The molecule has 1 aliphatic rings. The molecular formula is C15H21N3O3. The van der Waals surface area contributed by atoms with E-state index < -0.39 is 0 Å². The molecule has 0 radical (unpaired) electrons. The quantitative estimate of drug-likeness (QED) is 0.794. The van der Waals surface area contributed by atoms with Crippen LogP contribution in [0.2, 0.25) is 0 Å². The van der Waals surface area contributed by atoms with Gasteiger partial charge in [0.2, 0.25) is 5.91 Å². The zero-order valence-electron chi connectivity index (χ0n) is 12.2. The Morgan fingerprint density at radius 1 is 1.29 bits per heavy atom. The number of morpholine rings is 1. The van der Waals surface area contributed by atoms with E-state index in [0.29, 0.717) is 50.5 Å². The molecule has 0 spiro atoms. The third-order valence-electron chi connectivity index (χ3n) is 3.35. The lowest BCUT2D eigenvalue weighted by atomic mass is 10.1. The highest BCUT2D eigenvalue weighted by atomic mass is 16.5. The average molecular weight is 291 g/mol. The Bertz CT molecular complexity index is 505. The predicted octanol–water partition coefficient (Wildman–Crippen LogP) is 0.556. The standard InChI is InChI=1S/C15H21N3O3/c1-11-8-12(10-13(16)9-11)15(20)17-3-2-14(19)18-4-6-21-7-5-18/h8-10H,2-7,16H2,1H3,(H,17,20). The van der Waals surface area contributed by atoms with Crippen LogP contribution in [0.5, 0.6) is 0 Å². The number of hydrogen-bond donors (Lipinski definition) is 2. The number of rotatable bonds is 4. The summed E-state index contributed by atoms with van der Waals surface area (Å²) < 4.78 is 5.20. The van der Waals surface area contributed by atoms with Gasteiger partial charge < -0.3 is 20.7 Å². The highest BCUT2D eigenvalue weighted by Crippen LogP contribution is 2.11. The van der Waals surface area contributed by atoms with E-state index in [-0.39, 0.29) is 11.8 Å². The third kappa shape index (κ3) is 4.46. The fourth-order valence-electron chi connectivity index (χ4n) is 2.30. The number of nitrogen functional groups attached to an aromatic ring is 1. The number of aryl methyl sites for hydroxylation is 1. The largest absolute Gasteiger partial charge is 0.399 e. The molecule has 0 aromatic heterocycles. The molecule has 2 rings (SSSR count). The molecule has 1 fully saturated rings. The summed E-state index contributed by atoms with van der Waals surface area (Å²) in [5.41, 5.74) is 7.73. The van der Waals surface area contributed by atoms with Crippen molar-refractivity contribution in [1.29, 1.82) is 0 Å². The molecule has 1 aromatic carbocycles. The number of nitrogens with two attached hydrogens (primary N) is 1. The van der Waals surface area contributed by atoms with Crippen molar-refractivity contribution in [3.05, 3.63) is 29.3 Å². The molecule has 21 heavy (non-hydrogen) atoms. The van der Waals surface area contributed by atoms with E-state index in [1.165, 1.54) is 0 Å². The molecule has 6 heteroatoms. The first kappa shape index (κ1) is 15.3. The fourth-order valence-corrected chi connectivity index (χ4v) is 2.30. The second-order valence-electron chi connectivity index (χ2n) is 5.13. The Balaban J connectivity index is 1.79. The van der Waals surface area contributed by atoms with Gasteiger partial charge in [-0.2, -0.15) is 0 Å². The minimum atomic E-state index is -0.208. The number of hydrogen-bond acceptors (Lipinski definition) is 4. The summed E-state index contributed by atoms with van der Waals surface area (Å²) in [6, 6.07) is 5.21. The Hall–Kier alpha value is -2.08. The molecule has 0 aliphatic carbocycles. The smallest absolute Gasteiger partial charge is 0.251 e. The first-order valence-corrected chi connectivity index (χ1v) is 7.07. The van der Waals surface area contributed by atoms with E-state index in [4.69, 9.17) is 10.5 Å². The summed E-state index contributed by atoms with van der Waals surface area (Å²) in [6.45, 7) is 4.63. The maximum absolute atomic E-state index is 12.0. The number of anilines is 1. The second kappa shape index (κ2) is 7.08. The van der Waals surface area contributed by atoms with Crippen LogP contribution in [0, 0.1) is 6.92 Å². The van der Waals surface area contributed by atoms with Gasteiger partial charge in [-0.15, -0.1) is 0 Å². The van der Waals surface area contributed by atoms with E-state index in [9.17, 15) is 9.59 Å². The van der Waals surface area contributed by atoms with Crippen molar-refractivity contribution in [2.75, 3.05) is 38.6 Å². The molecule has 1 aliphatic heterocycles. The average Bonchev–Trinajstić information content (AvgIpc) is 2.47. The van der Waals surface area contributed by atoms with E-state index in [1.807, 2.05) is 6.92 Å². The van der Waals surface area contributed by atoms with Gasteiger partial charge in [0, 0.05) is 37.3 Å². The van der Waals surface area contributed by atoms with E-state index in [1.54, 1.807) is 23.1 Å². The number of ether oxygens (including phenoxy) is 1. The molecule has 1 aromatic rings. The molecule has 1 heterocycles. The van der Waals surface area contributed by atoms with Gasteiger partial charge >= 0.3 is 0 Å². The molecule has 114 valence electrons. The van der Waals surface area contributed by atoms with E-state index in [2.05, 4.69) is 5.32 Å². The van der Waals surface area contributed by atoms with Gasteiger partial charge in [0.05, 0.1) is 13.2 Å². The van der Waals surface area contributed by atoms with Crippen LogP contribution in [-0.2, 0) is 9.53 Å². The molecule has 2 amide bonds. The molecular weight excluding hydrogens is 270 g/mol. The van der Waals surface area contributed by atoms with Crippen molar-refractivity contribution in [2.24, 2.45) is 0 Å². The van der Waals surface area contributed by atoms with Crippen molar-refractivity contribution in [3.63, 3.8) is 0 Å². The second-order valence-corrected chi connectivity index (χ2v) is 5.13. The molecule has 0 atom stereocenters. The van der Waals surface area contributed by atoms with Crippen LogP contribution in [0.4, 0.5) is 5.69 Å². The van der Waals surface area contributed by atoms with Crippen LogP contribution < -0.4 is 11.1 Å². The number of carbonyl (C=O) groups excluding carboxylic acids is 2. The van der Waals surface area contributed by atoms with Crippen LogP contribution in [0.1, 0.15) is 22.3 Å². The van der Waals surface area contributed by atoms with E-state index >= 15 is 0 Å². The van der Waals surface area contributed by atoms with Crippen LogP contribution >= 0.6 is 0 Å². The summed E-state index contributed by atoms with van der Waals surface area (Å²) in [5, 5.41) is 2.75. The lowest BCUT2D eigenvalue weighted by Gasteiger charge is -2.26. The van der Waals surface area contributed by atoms with Crippen molar-refractivity contribution in [1.82, 2.24) is 10.2 Å². The summed E-state index contributed by atoms with van der Waals surface area (Å²) in [5.74, 6) is -0.164. The number of benzene rings is 1. The Morgan fingerprint density at radius 2 is 2.00 bits per heavy atom. The maximum Gasteiger partial charge on any atom is 0.251 e. The lowest BCUT2D eigenvalue weighted by molar-refractivity contribution is -0.135. The van der Waals surface area contributed by atoms with Crippen LogP contribution in [0.3, 0.4) is 0 Å². The summed E-state index contributed by atoms with van der Waals surface area (Å²) >= 11 is 0. The summed E-state index contributed by atoms with van der Waals surface area (Å²) in [4.78, 5) is 25.7. The first-order valence-electron chi connectivity index (χ1n) is 7.07. The summed E-state index contributed by atoms with van der Waals surface area (Å²) in [6.07, 6.45) is 0.299.